The molecule has 2 bridgehead atoms. The number of halogens is 2. The average Bonchev–Trinajstić information content (AvgIpc) is 2.72. The molecule has 5 heteroatoms. The van der Waals surface area contributed by atoms with Gasteiger partial charge < -0.3 is 4.74 Å². The zero-order chi connectivity index (χ0) is 15.1. The SMILES string of the molecule is COC(=O)[C@H]1[C@@H](c2ccc(Cl)c(C)c2)C[C@@H]2CC[C@H]1N2C.Cl. The lowest BCUT2D eigenvalue weighted by Crippen LogP contribution is -2.49. The molecule has 2 aliphatic rings. The van der Waals surface area contributed by atoms with E-state index in [1.54, 1.807) is 0 Å². The van der Waals surface area contributed by atoms with Crippen LogP contribution in [0.1, 0.15) is 36.3 Å². The maximum atomic E-state index is 12.4. The Morgan fingerprint density at radius 3 is 2.73 bits per heavy atom. The summed E-state index contributed by atoms with van der Waals surface area (Å²) in [5.74, 6) is 0.0891. The first-order valence-corrected chi connectivity index (χ1v) is 7.96. The minimum Gasteiger partial charge on any atom is -0.469 e. The van der Waals surface area contributed by atoms with E-state index in [9.17, 15) is 4.79 Å². The van der Waals surface area contributed by atoms with Gasteiger partial charge in [-0.1, -0.05) is 23.7 Å². The molecule has 122 valence electrons. The second-order valence-electron chi connectivity index (χ2n) is 6.36. The first kappa shape index (κ1) is 17.6. The fraction of sp³-hybridized carbons (Fsp3) is 0.588. The van der Waals surface area contributed by atoms with E-state index >= 15 is 0 Å². The van der Waals surface area contributed by atoms with Crippen molar-refractivity contribution in [3.05, 3.63) is 34.3 Å². The van der Waals surface area contributed by atoms with Crippen LogP contribution in [0.2, 0.25) is 5.02 Å². The number of piperidine rings is 1. The summed E-state index contributed by atoms with van der Waals surface area (Å²) < 4.78 is 5.10. The molecule has 0 radical (unpaired) electrons. The van der Waals surface area contributed by atoms with E-state index in [-0.39, 0.29) is 30.2 Å². The molecule has 1 aromatic rings. The molecule has 0 aromatic heterocycles. The van der Waals surface area contributed by atoms with Gasteiger partial charge in [-0.05, 0) is 50.4 Å². The Balaban J connectivity index is 0.00000176. The predicted octanol–water partition coefficient (Wildman–Crippen LogP) is 3.81. The molecule has 22 heavy (non-hydrogen) atoms. The summed E-state index contributed by atoms with van der Waals surface area (Å²) in [5.41, 5.74) is 2.29. The molecule has 3 rings (SSSR count). The maximum Gasteiger partial charge on any atom is 0.310 e. The monoisotopic (exact) mass is 343 g/mol. The lowest BCUT2D eigenvalue weighted by atomic mass is 9.76. The van der Waals surface area contributed by atoms with Gasteiger partial charge in [-0.25, -0.2) is 0 Å². The van der Waals surface area contributed by atoms with Crippen molar-refractivity contribution in [1.29, 1.82) is 0 Å². The highest BCUT2D eigenvalue weighted by Gasteiger charge is 2.49. The van der Waals surface area contributed by atoms with Crippen molar-refractivity contribution in [2.24, 2.45) is 5.92 Å². The van der Waals surface area contributed by atoms with Gasteiger partial charge in [-0.15, -0.1) is 12.4 Å². The summed E-state index contributed by atoms with van der Waals surface area (Å²) in [7, 11) is 3.63. The van der Waals surface area contributed by atoms with Gasteiger partial charge in [0.2, 0.25) is 0 Å². The van der Waals surface area contributed by atoms with Gasteiger partial charge in [-0.2, -0.15) is 0 Å². The fourth-order valence-corrected chi connectivity index (χ4v) is 4.28. The summed E-state index contributed by atoms with van der Waals surface area (Å²) in [4.78, 5) is 14.7. The molecule has 0 N–H and O–H groups in total. The molecule has 1 aromatic carbocycles. The summed E-state index contributed by atoms with van der Waals surface area (Å²) in [6.45, 7) is 2.02. The Hall–Kier alpha value is -0.770. The van der Waals surface area contributed by atoms with Crippen LogP contribution in [0.3, 0.4) is 0 Å². The Kier molecular flexibility index (Phi) is 5.41. The number of ether oxygens (including phenoxy) is 1. The molecule has 0 amide bonds. The third-order valence-corrected chi connectivity index (χ3v) is 5.78. The number of rotatable bonds is 2. The molecule has 3 nitrogen and oxygen atoms in total. The summed E-state index contributed by atoms with van der Waals surface area (Å²) in [6, 6.07) is 7.03. The number of hydrogen-bond donors (Lipinski definition) is 0. The number of benzene rings is 1. The van der Waals surface area contributed by atoms with Crippen LogP contribution in [0.5, 0.6) is 0 Å². The van der Waals surface area contributed by atoms with Crippen LogP contribution in [-0.4, -0.2) is 37.1 Å². The molecule has 0 aliphatic carbocycles. The zero-order valence-corrected chi connectivity index (χ0v) is 14.8. The largest absolute Gasteiger partial charge is 0.469 e. The molecular formula is C17H23Cl2NO2. The number of fused-ring (bicyclic) bond motifs is 2. The van der Waals surface area contributed by atoms with Crippen LogP contribution >= 0.6 is 24.0 Å². The third-order valence-electron chi connectivity index (χ3n) is 5.35. The zero-order valence-electron chi connectivity index (χ0n) is 13.2. The molecule has 0 spiro atoms. The first-order chi connectivity index (χ1) is 10.0. The van der Waals surface area contributed by atoms with Crippen molar-refractivity contribution >= 4 is 30.0 Å². The lowest BCUT2D eigenvalue weighted by Gasteiger charge is -2.41. The van der Waals surface area contributed by atoms with E-state index in [1.165, 1.54) is 19.1 Å². The quantitative estimate of drug-likeness (QED) is 0.764. The van der Waals surface area contributed by atoms with Gasteiger partial charge in [0, 0.05) is 23.0 Å². The van der Waals surface area contributed by atoms with Crippen molar-refractivity contribution < 1.29 is 9.53 Å². The molecular weight excluding hydrogens is 321 g/mol. The highest BCUT2D eigenvalue weighted by molar-refractivity contribution is 6.31. The van der Waals surface area contributed by atoms with Crippen LogP contribution in [0, 0.1) is 12.8 Å². The van der Waals surface area contributed by atoms with Gasteiger partial charge in [0.25, 0.3) is 0 Å². The van der Waals surface area contributed by atoms with Gasteiger partial charge in [0.1, 0.15) is 0 Å². The van der Waals surface area contributed by atoms with Crippen LogP contribution in [-0.2, 0) is 9.53 Å². The lowest BCUT2D eigenvalue weighted by molar-refractivity contribution is -0.150. The molecule has 0 saturated carbocycles. The Morgan fingerprint density at radius 1 is 1.36 bits per heavy atom. The second-order valence-corrected chi connectivity index (χ2v) is 6.77. The van der Waals surface area contributed by atoms with E-state index in [0.717, 1.165) is 23.4 Å². The predicted molar refractivity (Wildman–Crippen MR) is 90.9 cm³/mol. The van der Waals surface area contributed by atoms with Crippen molar-refractivity contribution in [2.75, 3.05) is 14.2 Å². The molecule has 2 heterocycles. The summed E-state index contributed by atoms with van der Waals surface area (Å²) in [5, 5.41) is 0.782. The number of carbonyl (C=O) groups is 1. The van der Waals surface area contributed by atoms with Gasteiger partial charge in [0.15, 0.2) is 0 Å². The fourth-order valence-electron chi connectivity index (χ4n) is 4.17. The number of aryl methyl sites for hydroxylation is 1. The number of hydrogen-bond acceptors (Lipinski definition) is 3. The minimum absolute atomic E-state index is 0. The smallest absolute Gasteiger partial charge is 0.310 e. The highest BCUT2D eigenvalue weighted by Crippen LogP contribution is 2.46. The van der Waals surface area contributed by atoms with E-state index in [2.05, 4.69) is 24.1 Å². The third kappa shape index (κ3) is 2.86. The normalized spacial score (nSPS) is 30.7. The topological polar surface area (TPSA) is 29.5 Å². The Bertz CT molecular complexity index is 564. The number of nitrogens with zero attached hydrogens (tertiary/aromatic N) is 1. The van der Waals surface area contributed by atoms with Crippen LogP contribution in [0.4, 0.5) is 0 Å². The second kappa shape index (κ2) is 6.77. The van der Waals surface area contributed by atoms with Crippen molar-refractivity contribution in [3.8, 4) is 0 Å². The number of esters is 1. The summed E-state index contributed by atoms with van der Waals surface area (Å²) >= 11 is 6.14. The van der Waals surface area contributed by atoms with Crippen LogP contribution < -0.4 is 0 Å². The molecule has 2 aliphatic heterocycles. The van der Waals surface area contributed by atoms with E-state index in [4.69, 9.17) is 16.3 Å². The Morgan fingerprint density at radius 2 is 2.09 bits per heavy atom. The number of carbonyl (C=O) groups excluding carboxylic acids is 1. The molecule has 0 unspecified atom stereocenters. The molecule has 4 atom stereocenters. The standard InChI is InChI=1S/C17H22ClNO2.ClH/c1-10-8-11(4-6-14(10)18)13-9-12-5-7-15(19(12)2)16(13)17(20)21-3;/h4,6,8,12-13,15-16H,5,7,9H2,1-3H3;1H/t12-,13+,15+,16-;/m0./s1. The average molecular weight is 344 g/mol. The van der Waals surface area contributed by atoms with E-state index in [1.807, 2.05) is 13.0 Å². The van der Waals surface area contributed by atoms with Gasteiger partial charge >= 0.3 is 5.97 Å². The van der Waals surface area contributed by atoms with Gasteiger partial charge in [0.05, 0.1) is 13.0 Å². The van der Waals surface area contributed by atoms with Crippen molar-refractivity contribution in [1.82, 2.24) is 4.90 Å². The van der Waals surface area contributed by atoms with Crippen LogP contribution in [0.25, 0.3) is 0 Å². The summed E-state index contributed by atoms with van der Waals surface area (Å²) in [6.07, 6.45) is 3.29. The number of methoxy groups -OCH3 is 1. The van der Waals surface area contributed by atoms with Crippen LogP contribution in [0.15, 0.2) is 18.2 Å². The first-order valence-electron chi connectivity index (χ1n) is 7.58. The minimum atomic E-state index is -0.0789. The maximum absolute atomic E-state index is 12.4. The molecule has 2 saturated heterocycles. The van der Waals surface area contributed by atoms with E-state index in [0.29, 0.717) is 12.1 Å². The Labute approximate surface area is 143 Å². The van der Waals surface area contributed by atoms with Crippen molar-refractivity contribution in [3.63, 3.8) is 0 Å². The van der Waals surface area contributed by atoms with Crippen molar-refractivity contribution in [2.45, 2.75) is 44.2 Å². The van der Waals surface area contributed by atoms with Gasteiger partial charge in [-0.3, -0.25) is 9.69 Å². The molecule has 2 fully saturated rings. The van der Waals surface area contributed by atoms with E-state index < -0.39 is 0 Å². The highest BCUT2D eigenvalue weighted by atomic mass is 35.5.